The van der Waals surface area contributed by atoms with Crippen molar-refractivity contribution in [2.24, 2.45) is 5.41 Å². The van der Waals surface area contributed by atoms with Crippen LogP contribution in [0.25, 0.3) is 0 Å². The van der Waals surface area contributed by atoms with Crippen LogP contribution in [0.3, 0.4) is 0 Å². The molecule has 1 fully saturated rings. The lowest BCUT2D eigenvalue weighted by Crippen LogP contribution is -2.47. The maximum Gasteiger partial charge on any atom is 0.256 e. The van der Waals surface area contributed by atoms with Crippen LogP contribution in [0.15, 0.2) is 70.5 Å². The number of sulfonamides is 2. The summed E-state index contributed by atoms with van der Waals surface area (Å²) in [5.41, 5.74) is -0.241. The van der Waals surface area contributed by atoms with E-state index in [2.05, 4.69) is 0 Å². The average Bonchev–Trinajstić information content (AvgIpc) is 3.02. The van der Waals surface area contributed by atoms with Gasteiger partial charge in [0, 0.05) is 19.5 Å². The maximum absolute atomic E-state index is 13.4. The van der Waals surface area contributed by atoms with Gasteiger partial charge < -0.3 is 4.90 Å². The van der Waals surface area contributed by atoms with E-state index >= 15 is 0 Å². The molecule has 1 aliphatic heterocycles. The van der Waals surface area contributed by atoms with Crippen LogP contribution < -0.4 is 0 Å². The highest BCUT2D eigenvalue weighted by molar-refractivity contribution is 8.04. The van der Waals surface area contributed by atoms with Crippen LogP contribution in [-0.2, 0) is 24.8 Å². The Morgan fingerprint density at radius 1 is 0.933 bits per heavy atom. The molecule has 2 aromatic carbocycles. The summed E-state index contributed by atoms with van der Waals surface area (Å²) in [5.74, 6) is -0.209. The summed E-state index contributed by atoms with van der Waals surface area (Å²) in [6.07, 6.45) is 0.498. The molecule has 7 nitrogen and oxygen atoms in total. The molecular weight excluding hydrogens is 424 g/mol. The molecule has 0 aliphatic carbocycles. The van der Waals surface area contributed by atoms with E-state index in [1.165, 1.54) is 31.2 Å². The average molecular weight is 451 g/mol. The van der Waals surface area contributed by atoms with Gasteiger partial charge >= 0.3 is 0 Å². The summed E-state index contributed by atoms with van der Waals surface area (Å²) < 4.78 is 54.2. The van der Waals surface area contributed by atoms with Gasteiger partial charge in [0.25, 0.3) is 20.0 Å². The molecule has 2 aromatic rings. The number of amides is 1. The van der Waals surface area contributed by atoms with Gasteiger partial charge in [-0.2, -0.15) is 0 Å². The number of hydrogen-bond donors (Lipinski definition) is 0. The second kappa shape index (κ2) is 8.13. The van der Waals surface area contributed by atoms with Crippen LogP contribution in [0.2, 0.25) is 0 Å². The molecule has 0 radical (unpaired) electrons. The Labute approximate surface area is 178 Å². The fourth-order valence-corrected chi connectivity index (χ4v) is 7.61. The number of likely N-dealkylation sites (tertiary alicyclic amines) is 1. The minimum atomic E-state index is -4.37. The fraction of sp³-hybridized carbons (Fsp3) is 0.381. The van der Waals surface area contributed by atoms with Crippen LogP contribution >= 0.6 is 0 Å². The van der Waals surface area contributed by atoms with E-state index < -0.39 is 26.1 Å². The van der Waals surface area contributed by atoms with Gasteiger partial charge in [0.1, 0.15) is 0 Å². The first kappa shape index (κ1) is 22.5. The van der Waals surface area contributed by atoms with Crippen molar-refractivity contribution < 1.29 is 21.6 Å². The summed E-state index contributed by atoms with van der Waals surface area (Å²) >= 11 is 0. The molecule has 1 saturated heterocycles. The number of carbonyl (C=O) groups excluding carboxylic acids is 1. The molecule has 3 rings (SSSR count). The van der Waals surface area contributed by atoms with Crippen molar-refractivity contribution in [1.29, 1.82) is 0 Å². The zero-order valence-electron chi connectivity index (χ0n) is 17.2. The predicted molar refractivity (Wildman–Crippen MR) is 114 cm³/mol. The van der Waals surface area contributed by atoms with Crippen molar-refractivity contribution in [1.82, 2.24) is 8.61 Å². The molecule has 0 spiro atoms. The van der Waals surface area contributed by atoms with Gasteiger partial charge in [-0.05, 0) is 36.1 Å². The number of carbonyl (C=O) groups is 1. The fourth-order valence-electron chi connectivity index (χ4n) is 3.85. The number of rotatable bonds is 6. The van der Waals surface area contributed by atoms with E-state index in [0.29, 0.717) is 16.7 Å². The molecule has 0 saturated carbocycles. The Morgan fingerprint density at radius 3 is 1.77 bits per heavy atom. The van der Waals surface area contributed by atoms with Gasteiger partial charge in [-0.1, -0.05) is 54.0 Å². The molecule has 30 heavy (non-hydrogen) atoms. The van der Waals surface area contributed by atoms with Crippen LogP contribution in [-0.4, -0.2) is 50.5 Å². The van der Waals surface area contributed by atoms with Gasteiger partial charge in [0.05, 0.1) is 16.3 Å². The first-order chi connectivity index (χ1) is 13.9. The van der Waals surface area contributed by atoms with Crippen LogP contribution in [0.5, 0.6) is 0 Å². The van der Waals surface area contributed by atoms with E-state index in [1.807, 2.05) is 13.8 Å². The zero-order chi connectivity index (χ0) is 22.2. The lowest BCUT2D eigenvalue weighted by Gasteiger charge is -2.29. The van der Waals surface area contributed by atoms with Crippen molar-refractivity contribution in [2.45, 2.75) is 43.0 Å². The highest BCUT2D eigenvalue weighted by Crippen LogP contribution is 2.36. The third-order valence-electron chi connectivity index (χ3n) is 5.21. The van der Waals surface area contributed by atoms with Crippen molar-refractivity contribution in [3.8, 4) is 0 Å². The third kappa shape index (κ3) is 4.43. The van der Waals surface area contributed by atoms with Gasteiger partial charge in [-0.25, -0.2) is 16.8 Å². The molecular formula is C21H26N2O5S2. The predicted octanol–water partition coefficient (Wildman–Crippen LogP) is 2.71. The molecule has 1 amide bonds. The molecule has 0 bridgehead atoms. The lowest BCUT2D eigenvalue weighted by atomic mass is 9.91. The second-order valence-corrected chi connectivity index (χ2v) is 12.2. The Morgan fingerprint density at radius 2 is 1.37 bits per heavy atom. The molecule has 1 atom stereocenters. The number of benzene rings is 2. The Hall–Kier alpha value is -2.23. The highest BCUT2D eigenvalue weighted by atomic mass is 32.3. The lowest BCUT2D eigenvalue weighted by molar-refractivity contribution is -0.129. The second-order valence-electron chi connectivity index (χ2n) is 8.26. The van der Waals surface area contributed by atoms with Crippen LogP contribution in [0.4, 0.5) is 0 Å². The summed E-state index contributed by atoms with van der Waals surface area (Å²) in [7, 11) is -8.75. The minimum absolute atomic E-state index is 0.115. The zero-order valence-corrected chi connectivity index (χ0v) is 18.9. The number of nitrogens with zero attached hydrogens (tertiary/aromatic N) is 2. The quantitative estimate of drug-likeness (QED) is 0.675. The highest BCUT2D eigenvalue weighted by Gasteiger charge is 2.45. The molecule has 0 unspecified atom stereocenters. The van der Waals surface area contributed by atoms with Gasteiger partial charge in [0.2, 0.25) is 5.91 Å². The number of hydrogen-bond acceptors (Lipinski definition) is 5. The summed E-state index contributed by atoms with van der Waals surface area (Å²) in [6, 6.07) is 14.4. The molecule has 1 heterocycles. The standard InChI is InChI=1S/C21H26N2O5S2/c1-17(24)22-16-21(2,3)14-18(22)15-23(29(25,26)19-10-6-4-7-11-19)30(27,28)20-12-8-5-9-13-20/h4-13,18H,14-16H2,1-3H3/t18-/m0/s1. The molecule has 9 heteroatoms. The van der Waals surface area contributed by atoms with Gasteiger partial charge in [0.15, 0.2) is 0 Å². The van der Waals surface area contributed by atoms with E-state index in [9.17, 15) is 21.6 Å². The van der Waals surface area contributed by atoms with E-state index in [1.54, 1.807) is 41.3 Å². The smallest absolute Gasteiger partial charge is 0.256 e. The van der Waals surface area contributed by atoms with Crippen molar-refractivity contribution in [3.05, 3.63) is 60.7 Å². The summed E-state index contributed by atoms with van der Waals surface area (Å²) in [5, 5.41) is 0. The topological polar surface area (TPSA) is 91.8 Å². The van der Waals surface area contributed by atoms with E-state index in [-0.39, 0.29) is 27.7 Å². The summed E-state index contributed by atoms with van der Waals surface area (Å²) in [4.78, 5) is 13.5. The molecule has 1 aliphatic rings. The van der Waals surface area contributed by atoms with Crippen molar-refractivity contribution in [2.75, 3.05) is 13.1 Å². The first-order valence-corrected chi connectivity index (χ1v) is 12.5. The summed E-state index contributed by atoms with van der Waals surface area (Å²) in [6.45, 7) is 5.47. The van der Waals surface area contributed by atoms with Gasteiger partial charge in [-0.15, -0.1) is 0 Å². The largest absolute Gasteiger partial charge is 0.338 e. The van der Waals surface area contributed by atoms with Crippen LogP contribution in [0, 0.1) is 5.41 Å². The SMILES string of the molecule is CC(=O)N1CC(C)(C)C[C@H]1CN(S(=O)(=O)c1ccccc1)S(=O)(=O)c1ccccc1. The molecule has 162 valence electrons. The van der Waals surface area contributed by atoms with E-state index in [0.717, 1.165) is 0 Å². The Bertz CT molecular complexity index is 1050. The van der Waals surface area contributed by atoms with Gasteiger partial charge in [-0.3, -0.25) is 4.79 Å². The Kier molecular flexibility index (Phi) is 6.08. The molecule has 0 N–H and O–H groups in total. The van der Waals surface area contributed by atoms with Crippen LogP contribution in [0.1, 0.15) is 27.2 Å². The van der Waals surface area contributed by atoms with Crippen molar-refractivity contribution >= 4 is 26.0 Å². The monoisotopic (exact) mass is 450 g/mol. The maximum atomic E-state index is 13.4. The molecule has 0 aromatic heterocycles. The van der Waals surface area contributed by atoms with E-state index in [4.69, 9.17) is 0 Å². The first-order valence-electron chi connectivity index (χ1n) is 9.60. The third-order valence-corrected chi connectivity index (χ3v) is 9.49. The van der Waals surface area contributed by atoms with Crippen molar-refractivity contribution in [3.63, 3.8) is 0 Å². The Balaban J connectivity index is 2.10. The minimum Gasteiger partial charge on any atom is -0.338 e. The normalized spacial score (nSPS) is 19.2.